The van der Waals surface area contributed by atoms with Gasteiger partial charge in [-0.05, 0) is 30.7 Å². The lowest BCUT2D eigenvalue weighted by molar-refractivity contribution is -0.131. The second-order valence-corrected chi connectivity index (χ2v) is 3.90. The van der Waals surface area contributed by atoms with Crippen molar-refractivity contribution in [1.29, 1.82) is 5.26 Å². The summed E-state index contributed by atoms with van der Waals surface area (Å²) in [6.07, 6.45) is 1.14. The lowest BCUT2D eigenvalue weighted by atomic mass is 10.2. The van der Waals surface area contributed by atoms with Crippen molar-refractivity contribution in [2.24, 2.45) is 0 Å². The zero-order valence-corrected chi connectivity index (χ0v) is 9.95. The van der Waals surface area contributed by atoms with Crippen molar-refractivity contribution in [3.05, 3.63) is 40.4 Å². The average molecular weight is 251 g/mol. The number of nitrogens with zero attached hydrogens (tertiary/aromatic N) is 1. The van der Waals surface area contributed by atoms with Crippen LogP contribution in [0.1, 0.15) is 12.5 Å². The number of anilines is 1. The molecule has 0 unspecified atom stereocenters. The molecule has 0 aliphatic carbocycles. The Morgan fingerprint density at radius 3 is 2.88 bits per heavy atom. The second kappa shape index (κ2) is 5.92. The molecule has 17 heavy (non-hydrogen) atoms. The molecule has 1 rings (SSSR count). The maximum Gasteiger partial charge on any atom is 0.328 e. The summed E-state index contributed by atoms with van der Waals surface area (Å²) in [7, 11) is 0. The van der Waals surface area contributed by atoms with Crippen molar-refractivity contribution in [1.82, 2.24) is 0 Å². The summed E-state index contributed by atoms with van der Waals surface area (Å²) in [4.78, 5) is 10.4. The van der Waals surface area contributed by atoms with Gasteiger partial charge in [0.25, 0.3) is 0 Å². The summed E-state index contributed by atoms with van der Waals surface area (Å²) in [5.74, 6) is -0.970. The Hall–Kier alpha value is -1.99. The fourth-order valence-electron chi connectivity index (χ4n) is 1.22. The number of carbonyl (C=O) groups is 1. The van der Waals surface area contributed by atoms with E-state index in [4.69, 9.17) is 22.0 Å². The van der Waals surface area contributed by atoms with Gasteiger partial charge in [-0.3, -0.25) is 0 Å². The van der Waals surface area contributed by atoms with Crippen molar-refractivity contribution >= 4 is 23.3 Å². The SMILES string of the molecule is C/C(=C/C(=O)O)CNc1ccc(C#N)c(Cl)c1. The summed E-state index contributed by atoms with van der Waals surface area (Å²) in [5.41, 5.74) is 1.85. The van der Waals surface area contributed by atoms with Gasteiger partial charge >= 0.3 is 5.97 Å². The molecule has 5 heteroatoms. The second-order valence-electron chi connectivity index (χ2n) is 3.49. The molecule has 0 radical (unpaired) electrons. The van der Waals surface area contributed by atoms with Gasteiger partial charge in [-0.25, -0.2) is 4.79 Å². The first-order chi connectivity index (χ1) is 8.02. The number of nitriles is 1. The average Bonchev–Trinajstić information content (AvgIpc) is 2.25. The summed E-state index contributed by atoms with van der Waals surface area (Å²) < 4.78 is 0. The highest BCUT2D eigenvalue weighted by atomic mass is 35.5. The summed E-state index contributed by atoms with van der Waals surface area (Å²) in [5, 5.41) is 20.6. The van der Waals surface area contributed by atoms with Crippen molar-refractivity contribution in [2.45, 2.75) is 6.92 Å². The van der Waals surface area contributed by atoms with Gasteiger partial charge in [0.1, 0.15) is 6.07 Å². The maximum atomic E-state index is 10.4. The Morgan fingerprint density at radius 2 is 2.35 bits per heavy atom. The first-order valence-electron chi connectivity index (χ1n) is 4.86. The van der Waals surface area contributed by atoms with Crippen LogP contribution < -0.4 is 5.32 Å². The van der Waals surface area contributed by atoms with E-state index < -0.39 is 5.97 Å². The van der Waals surface area contributed by atoms with E-state index in [2.05, 4.69) is 5.32 Å². The van der Waals surface area contributed by atoms with Crippen molar-refractivity contribution in [3.8, 4) is 6.07 Å². The number of aliphatic carboxylic acids is 1. The number of carboxylic acid groups (broad SMARTS) is 1. The van der Waals surface area contributed by atoms with E-state index in [1.54, 1.807) is 25.1 Å². The summed E-state index contributed by atoms with van der Waals surface area (Å²) in [6.45, 7) is 2.13. The minimum absolute atomic E-state index is 0.373. The van der Waals surface area contributed by atoms with Gasteiger partial charge in [-0.15, -0.1) is 0 Å². The fraction of sp³-hybridized carbons (Fsp3) is 0.167. The molecule has 1 aromatic rings. The number of rotatable bonds is 4. The van der Waals surface area contributed by atoms with Crippen LogP contribution in [0.25, 0.3) is 0 Å². The first-order valence-corrected chi connectivity index (χ1v) is 5.24. The third-order valence-electron chi connectivity index (χ3n) is 2.03. The van der Waals surface area contributed by atoms with Crippen LogP contribution in [0.3, 0.4) is 0 Å². The number of carboxylic acids is 1. The molecule has 0 aromatic heterocycles. The highest BCUT2D eigenvalue weighted by molar-refractivity contribution is 6.32. The van der Waals surface area contributed by atoms with E-state index in [-0.39, 0.29) is 0 Å². The van der Waals surface area contributed by atoms with Crippen LogP contribution in [0.5, 0.6) is 0 Å². The van der Waals surface area contributed by atoms with Crippen molar-refractivity contribution < 1.29 is 9.90 Å². The predicted octanol–water partition coefficient (Wildman–Crippen LogP) is 2.65. The molecule has 0 saturated carbocycles. The third kappa shape index (κ3) is 4.17. The standard InChI is InChI=1S/C12H11ClN2O2/c1-8(4-12(16)17)7-15-10-3-2-9(6-14)11(13)5-10/h2-5,15H,7H2,1H3,(H,16,17)/b8-4-. The summed E-state index contributed by atoms with van der Waals surface area (Å²) in [6, 6.07) is 6.93. The maximum absolute atomic E-state index is 10.4. The minimum Gasteiger partial charge on any atom is -0.478 e. The molecule has 1 aromatic carbocycles. The Labute approximate surface area is 104 Å². The van der Waals surface area contributed by atoms with E-state index in [1.807, 2.05) is 6.07 Å². The van der Waals surface area contributed by atoms with E-state index in [0.29, 0.717) is 22.7 Å². The largest absolute Gasteiger partial charge is 0.478 e. The van der Waals surface area contributed by atoms with Crippen LogP contribution in [0.4, 0.5) is 5.69 Å². The van der Waals surface area contributed by atoms with Gasteiger partial charge in [-0.1, -0.05) is 11.6 Å². The zero-order valence-electron chi connectivity index (χ0n) is 9.20. The molecule has 0 aliphatic heterocycles. The van der Waals surface area contributed by atoms with E-state index >= 15 is 0 Å². The molecule has 4 nitrogen and oxygen atoms in total. The molecule has 0 heterocycles. The highest BCUT2D eigenvalue weighted by Gasteiger charge is 2.01. The molecule has 88 valence electrons. The quantitative estimate of drug-likeness (QED) is 0.806. The molecule has 0 bridgehead atoms. The summed E-state index contributed by atoms with van der Waals surface area (Å²) >= 11 is 5.86. The van der Waals surface area contributed by atoms with E-state index in [1.165, 1.54) is 0 Å². The van der Waals surface area contributed by atoms with Crippen molar-refractivity contribution in [2.75, 3.05) is 11.9 Å². The number of benzene rings is 1. The molecule has 0 atom stereocenters. The van der Waals surface area contributed by atoms with Crippen molar-refractivity contribution in [3.63, 3.8) is 0 Å². The topological polar surface area (TPSA) is 73.1 Å². The van der Waals surface area contributed by atoms with Gasteiger partial charge in [0, 0.05) is 18.3 Å². The van der Waals surface area contributed by atoms with Crippen LogP contribution >= 0.6 is 11.6 Å². The van der Waals surface area contributed by atoms with Crippen LogP contribution in [-0.4, -0.2) is 17.6 Å². The van der Waals surface area contributed by atoms with Gasteiger partial charge in [-0.2, -0.15) is 5.26 Å². The monoisotopic (exact) mass is 250 g/mol. The highest BCUT2D eigenvalue weighted by Crippen LogP contribution is 2.20. The number of hydrogen-bond donors (Lipinski definition) is 2. The van der Waals surface area contributed by atoms with E-state index in [9.17, 15) is 4.79 Å². The minimum atomic E-state index is -0.970. The first kappa shape index (κ1) is 13.1. The normalized spacial score (nSPS) is 10.8. The molecule has 0 amide bonds. The molecule has 0 fully saturated rings. The van der Waals surface area contributed by atoms with Crippen LogP contribution in [-0.2, 0) is 4.79 Å². The Bertz CT molecular complexity index is 504. The lowest BCUT2D eigenvalue weighted by Gasteiger charge is -2.07. The molecule has 0 aliphatic rings. The molecular formula is C12H11ClN2O2. The van der Waals surface area contributed by atoms with Gasteiger partial charge in [0.05, 0.1) is 10.6 Å². The van der Waals surface area contributed by atoms with Crippen LogP contribution in [0, 0.1) is 11.3 Å². The molecular weight excluding hydrogens is 240 g/mol. The van der Waals surface area contributed by atoms with Gasteiger partial charge < -0.3 is 10.4 Å². The Morgan fingerprint density at radius 1 is 1.65 bits per heavy atom. The smallest absolute Gasteiger partial charge is 0.328 e. The third-order valence-corrected chi connectivity index (χ3v) is 2.34. The number of hydrogen-bond acceptors (Lipinski definition) is 3. The van der Waals surface area contributed by atoms with Crippen LogP contribution in [0.2, 0.25) is 5.02 Å². The Kier molecular flexibility index (Phi) is 4.56. The fourth-order valence-corrected chi connectivity index (χ4v) is 1.44. The molecule has 0 saturated heterocycles. The Balaban J connectivity index is 2.68. The zero-order chi connectivity index (χ0) is 12.8. The van der Waals surface area contributed by atoms with Gasteiger partial charge in [0.15, 0.2) is 0 Å². The lowest BCUT2D eigenvalue weighted by Crippen LogP contribution is -2.04. The van der Waals surface area contributed by atoms with E-state index in [0.717, 1.165) is 11.8 Å². The predicted molar refractivity (Wildman–Crippen MR) is 66.0 cm³/mol. The van der Waals surface area contributed by atoms with Gasteiger partial charge in [0.2, 0.25) is 0 Å². The molecule has 2 N–H and O–H groups in total. The van der Waals surface area contributed by atoms with Crippen LogP contribution in [0.15, 0.2) is 29.8 Å². The molecule has 0 spiro atoms. The number of nitrogens with one attached hydrogen (secondary N) is 1. The number of halogens is 1.